The summed E-state index contributed by atoms with van der Waals surface area (Å²) in [5, 5.41) is 0. The quantitative estimate of drug-likeness (QED) is 0.828. The molecule has 2 aliphatic carbocycles. The van der Waals surface area contributed by atoms with E-state index < -0.39 is 0 Å². The van der Waals surface area contributed by atoms with Crippen molar-refractivity contribution in [1.29, 1.82) is 0 Å². The van der Waals surface area contributed by atoms with Gasteiger partial charge in [0.2, 0.25) is 5.91 Å². The highest BCUT2D eigenvalue weighted by Crippen LogP contribution is 2.41. The molecule has 1 amide bonds. The van der Waals surface area contributed by atoms with Crippen LogP contribution in [0.25, 0.3) is 0 Å². The minimum atomic E-state index is 0.117. The van der Waals surface area contributed by atoms with Crippen LogP contribution >= 0.6 is 0 Å². The predicted molar refractivity (Wildman–Crippen MR) is 73.7 cm³/mol. The van der Waals surface area contributed by atoms with E-state index in [4.69, 9.17) is 5.73 Å². The van der Waals surface area contributed by atoms with Crippen LogP contribution in [-0.4, -0.2) is 29.9 Å². The van der Waals surface area contributed by atoms with Crippen LogP contribution in [0.2, 0.25) is 0 Å². The molecular formula is C16H20N2O. The Kier molecular flexibility index (Phi) is 2.46. The first-order valence-electron chi connectivity index (χ1n) is 7.36. The number of amides is 1. The number of carbonyl (C=O) groups is 1. The summed E-state index contributed by atoms with van der Waals surface area (Å²) < 4.78 is 0. The molecule has 1 saturated heterocycles. The fraction of sp³-hybridized carbons (Fsp3) is 0.562. The van der Waals surface area contributed by atoms with Crippen LogP contribution in [0.5, 0.6) is 0 Å². The molecule has 0 radical (unpaired) electrons. The lowest BCUT2D eigenvalue weighted by Gasteiger charge is -2.32. The minimum absolute atomic E-state index is 0.117. The Morgan fingerprint density at radius 1 is 1.21 bits per heavy atom. The van der Waals surface area contributed by atoms with Crippen LogP contribution < -0.4 is 5.73 Å². The van der Waals surface area contributed by atoms with Crippen LogP contribution in [0.1, 0.15) is 29.9 Å². The number of likely N-dealkylation sites (tertiary alicyclic amines) is 1. The van der Waals surface area contributed by atoms with Crippen molar-refractivity contribution in [2.24, 2.45) is 17.6 Å². The molecular weight excluding hydrogens is 236 g/mol. The smallest absolute Gasteiger partial charge is 0.230 e. The van der Waals surface area contributed by atoms with Gasteiger partial charge in [-0.2, -0.15) is 0 Å². The van der Waals surface area contributed by atoms with Crippen molar-refractivity contribution in [3.05, 3.63) is 35.4 Å². The summed E-state index contributed by atoms with van der Waals surface area (Å²) in [5.41, 5.74) is 8.73. The summed E-state index contributed by atoms with van der Waals surface area (Å²) in [7, 11) is 0. The Hall–Kier alpha value is -1.35. The van der Waals surface area contributed by atoms with Gasteiger partial charge in [0.05, 0.1) is 5.92 Å². The lowest BCUT2D eigenvalue weighted by Crippen LogP contribution is -2.39. The van der Waals surface area contributed by atoms with E-state index in [0.29, 0.717) is 23.8 Å². The van der Waals surface area contributed by atoms with Crippen molar-refractivity contribution in [1.82, 2.24) is 4.90 Å². The first kappa shape index (κ1) is 11.5. The monoisotopic (exact) mass is 256 g/mol. The molecule has 4 rings (SSSR count). The highest BCUT2D eigenvalue weighted by atomic mass is 16.2. The molecule has 0 bridgehead atoms. The Morgan fingerprint density at radius 3 is 2.84 bits per heavy atom. The van der Waals surface area contributed by atoms with E-state index in [1.807, 2.05) is 6.07 Å². The van der Waals surface area contributed by atoms with Gasteiger partial charge in [-0.05, 0) is 42.2 Å². The average molecular weight is 256 g/mol. The summed E-state index contributed by atoms with van der Waals surface area (Å²) in [5.74, 6) is 1.67. The highest BCUT2D eigenvalue weighted by Gasteiger charge is 2.45. The molecule has 2 N–H and O–H groups in total. The third-order valence-electron chi connectivity index (χ3n) is 5.38. The number of nitrogens with two attached hydrogens (primary N) is 1. The molecule has 1 heterocycles. The maximum atomic E-state index is 12.6. The zero-order chi connectivity index (χ0) is 13.0. The fourth-order valence-corrected chi connectivity index (χ4v) is 4.19. The molecule has 19 heavy (non-hydrogen) atoms. The number of fused-ring (bicyclic) bond motifs is 2. The predicted octanol–water partition coefficient (Wildman–Crippen LogP) is 1.52. The summed E-state index contributed by atoms with van der Waals surface area (Å²) in [6, 6.07) is 8.64. The molecule has 1 aliphatic heterocycles. The third kappa shape index (κ3) is 1.64. The first-order chi connectivity index (χ1) is 9.24. The van der Waals surface area contributed by atoms with Gasteiger partial charge in [0, 0.05) is 19.1 Å². The second-order valence-electron chi connectivity index (χ2n) is 6.36. The van der Waals surface area contributed by atoms with Gasteiger partial charge in [-0.15, -0.1) is 0 Å². The zero-order valence-electron chi connectivity index (χ0n) is 11.1. The van der Waals surface area contributed by atoms with E-state index in [0.717, 1.165) is 25.9 Å². The van der Waals surface area contributed by atoms with Crippen LogP contribution in [0, 0.1) is 11.8 Å². The molecule has 3 aliphatic rings. The van der Waals surface area contributed by atoms with Gasteiger partial charge in [0.25, 0.3) is 0 Å². The Morgan fingerprint density at radius 2 is 2.05 bits per heavy atom. The van der Waals surface area contributed by atoms with E-state index in [2.05, 4.69) is 23.1 Å². The molecule has 3 nitrogen and oxygen atoms in total. The summed E-state index contributed by atoms with van der Waals surface area (Å²) in [6.45, 7) is 1.83. The van der Waals surface area contributed by atoms with Crippen LogP contribution in [-0.2, 0) is 11.2 Å². The standard InChI is InChI=1S/C16H20N2O/c17-15-6-5-11-8-18(9-14(11)15)16(19)13-7-10-3-1-2-4-12(10)13/h1-4,11,13-15H,5-9,17H2. The van der Waals surface area contributed by atoms with Gasteiger partial charge in [0.15, 0.2) is 0 Å². The summed E-state index contributed by atoms with van der Waals surface area (Å²) >= 11 is 0. The highest BCUT2D eigenvalue weighted by molar-refractivity contribution is 5.87. The normalized spacial score (nSPS) is 35.7. The van der Waals surface area contributed by atoms with Gasteiger partial charge >= 0.3 is 0 Å². The van der Waals surface area contributed by atoms with Gasteiger partial charge < -0.3 is 10.6 Å². The van der Waals surface area contributed by atoms with E-state index in [1.165, 1.54) is 17.5 Å². The van der Waals surface area contributed by atoms with Crippen LogP contribution in [0.4, 0.5) is 0 Å². The van der Waals surface area contributed by atoms with Gasteiger partial charge in [-0.25, -0.2) is 0 Å². The Bertz CT molecular complexity index is 527. The van der Waals surface area contributed by atoms with E-state index in [9.17, 15) is 4.79 Å². The maximum absolute atomic E-state index is 12.6. The molecule has 2 fully saturated rings. The molecule has 100 valence electrons. The SMILES string of the molecule is NC1CCC2CN(C(=O)C3Cc4ccccc43)CC12. The zero-order valence-corrected chi connectivity index (χ0v) is 11.1. The second-order valence-corrected chi connectivity index (χ2v) is 6.36. The topological polar surface area (TPSA) is 46.3 Å². The largest absolute Gasteiger partial charge is 0.342 e. The number of hydrogen-bond acceptors (Lipinski definition) is 2. The van der Waals surface area contributed by atoms with Gasteiger partial charge in [-0.1, -0.05) is 24.3 Å². The van der Waals surface area contributed by atoms with E-state index in [-0.39, 0.29) is 5.92 Å². The Labute approximate surface area is 113 Å². The first-order valence-corrected chi connectivity index (χ1v) is 7.36. The number of nitrogens with zero attached hydrogens (tertiary/aromatic N) is 1. The minimum Gasteiger partial charge on any atom is -0.342 e. The average Bonchev–Trinajstić information content (AvgIpc) is 2.94. The molecule has 4 atom stereocenters. The van der Waals surface area contributed by atoms with Gasteiger partial charge in [-0.3, -0.25) is 4.79 Å². The van der Waals surface area contributed by atoms with Crippen molar-refractivity contribution in [2.75, 3.05) is 13.1 Å². The van der Waals surface area contributed by atoms with Crippen molar-refractivity contribution in [2.45, 2.75) is 31.2 Å². The summed E-state index contributed by atoms with van der Waals surface area (Å²) in [4.78, 5) is 14.7. The molecule has 1 aromatic rings. The number of carbonyl (C=O) groups excluding carboxylic acids is 1. The Balaban J connectivity index is 1.49. The third-order valence-corrected chi connectivity index (χ3v) is 5.38. The van der Waals surface area contributed by atoms with Crippen molar-refractivity contribution in [3.8, 4) is 0 Å². The lowest BCUT2D eigenvalue weighted by molar-refractivity contribution is -0.132. The molecule has 3 heteroatoms. The number of hydrogen-bond donors (Lipinski definition) is 1. The second kappa shape index (κ2) is 4.07. The van der Waals surface area contributed by atoms with Crippen molar-refractivity contribution < 1.29 is 4.79 Å². The van der Waals surface area contributed by atoms with Crippen molar-refractivity contribution in [3.63, 3.8) is 0 Å². The molecule has 1 aromatic carbocycles. The number of rotatable bonds is 1. The number of benzene rings is 1. The molecule has 4 unspecified atom stereocenters. The van der Waals surface area contributed by atoms with Crippen LogP contribution in [0.15, 0.2) is 24.3 Å². The molecule has 0 aromatic heterocycles. The van der Waals surface area contributed by atoms with Gasteiger partial charge in [0.1, 0.15) is 0 Å². The maximum Gasteiger partial charge on any atom is 0.230 e. The lowest BCUT2D eigenvalue weighted by atomic mass is 9.77. The molecule has 1 saturated carbocycles. The van der Waals surface area contributed by atoms with E-state index in [1.54, 1.807) is 0 Å². The van der Waals surface area contributed by atoms with Crippen molar-refractivity contribution >= 4 is 5.91 Å². The fourth-order valence-electron chi connectivity index (χ4n) is 4.19. The summed E-state index contributed by atoms with van der Waals surface area (Å²) in [6.07, 6.45) is 3.27. The van der Waals surface area contributed by atoms with E-state index >= 15 is 0 Å². The van der Waals surface area contributed by atoms with Crippen LogP contribution in [0.3, 0.4) is 0 Å². The molecule has 0 spiro atoms.